The smallest absolute Gasteiger partial charge is 0.163 e. The van der Waals surface area contributed by atoms with Crippen LogP contribution in [0.2, 0.25) is 0 Å². The molecule has 2 aromatic carbocycles. The lowest BCUT2D eigenvalue weighted by atomic mass is 9.92. The second kappa shape index (κ2) is 8.09. The average Bonchev–Trinajstić information content (AvgIpc) is 3.29. The number of ether oxygens (including phenoxy) is 1. The Balaban J connectivity index is 1.51. The van der Waals surface area contributed by atoms with Gasteiger partial charge in [0.2, 0.25) is 0 Å². The molecule has 4 aliphatic rings. The molecule has 7 rings (SSSR count). The van der Waals surface area contributed by atoms with Crippen LogP contribution in [0.1, 0.15) is 22.7 Å². The first kappa shape index (κ1) is 21.4. The van der Waals surface area contributed by atoms with Crippen molar-refractivity contribution in [2.75, 3.05) is 19.8 Å². The Bertz CT molecular complexity index is 1450. The third kappa shape index (κ3) is 3.19. The molecule has 0 spiro atoms. The van der Waals surface area contributed by atoms with Gasteiger partial charge in [-0.3, -0.25) is 5.01 Å². The van der Waals surface area contributed by atoms with E-state index in [1.54, 1.807) is 41.3 Å². The Hall–Kier alpha value is -2.85. The van der Waals surface area contributed by atoms with Gasteiger partial charge in [0.1, 0.15) is 17.6 Å². The van der Waals surface area contributed by atoms with Crippen LogP contribution in [0.25, 0.3) is 10.1 Å². The van der Waals surface area contributed by atoms with Gasteiger partial charge in [0.15, 0.2) is 11.6 Å². The van der Waals surface area contributed by atoms with Crippen LogP contribution in [0.3, 0.4) is 0 Å². The second-order valence-corrected chi connectivity index (χ2v) is 10.8. The zero-order chi connectivity index (χ0) is 23.7. The fourth-order valence-electron chi connectivity index (χ4n) is 5.42. The lowest BCUT2D eigenvalue weighted by Gasteiger charge is -2.53. The van der Waals surface area contributed by atoms with Gasteiger partial charge in [-0.1, -0.05) is 12.1 Å². The normalized spacial score (nSPS) is 23.7. The van der Waals surface area contributed by atoms with Crippen LogP contribution in [0, 0.1) is 11.6 Å². The van der Waals surface area contributed by atoms with Gasteiger partial charge in [0, 0.05) is 45.2 Å². The van der Waals surface area contributed by atoms with E-state index in [0.717, 1.165) is 26.1 Å². The van der Waals surface area contributed by atoms with E-state index in [1.807, 2.05) is 17.4 Å². The first-order valence-electron chi connectivity index (χ1n) is 11.4. The number of benzene rings is 2. The van der Waals surface area contributed by atoms with Crippen LogP contribution in [0.5, 0.6) is 0 Å². The summed E-state index contributed by atoms with van der Waals surface area (Å²) in [5.74, 6) is -1.14. The van der Waals surface area contributed by atoms with Crippen molar-refractivity contribution in [3.05, 3.63) is 100 Å². The van der Waals surface area contributed by atoms with Gasteiger partial charge in [-0.15, -0.1) is 23.1 Å². The van der Waals surface area contributed by atoms with E-state index in [-0.39, 0.29) is 11.9 Å². The molecule has 0 saturated carbocycles. The Labute approximate surface area is 209 Å². The summed E-state index contributed by atoms with van der Waals surface area (Å²) in [6.45, 7) is 1.69. The van der Waals surface area contributed by atoms with Gasteiger partial charge in [0.05, 0.1) is 19.3 Å². The third-order valence-electron chi connectivity index (χ3n) is 7.04. The summed E-state index contributed by atoms with van der Waals surface area (Å²) in [6.07, 6.45) is 7.12. The highest BCUT2D eigenvalue weighted by atomic mass is 32.2. The van der Waals surface area contributed by atoms with Crippen molar-refractivity contribution in [2.24, 2.45) is 0 Å². The topological polar surface area (TPSA) is 39.2 Å². The van der Waals surface area contributed by atoms with Crippen molar-refractivity contribution in [1.82, 2.24) is 14.9 Å². The van der Waals surface area contributed by atoms with E-state index >= 15 is 4.39 Å². The molecule has 1 N–H and O–H groups in total. The summed E-state index contributed by atoms with van der Waals surface area (Å²) in [5.41, 5.74) is 2.77. The molecule has 0 amide bonds. The number of hydrogen-bond acceptors (Lipinski definition) is 7. The molecule has 5 nitrogen and oxygen atoms in total. The number of rotatable bonds is 1. The first-order valence-corrected chi connectivity index (χ1v) is 13.3. The van der Waals surface area contributed by atoms with Crippen molar-refractivity contribution in [2.45, 2.75) is 22.9 Å². The molecule has 0 aliphatic carbocycles. The molecule has 35 heavy (non-hydrogen) atoms. The van der Waals surface area contributed by atoms with Gasteiger partial charge < -0.3 is 14.7 Å². The summed E-state index contributed by atoms with van der Waals surface area (Å²) in [5, 5.41) is 18.0. The van der Waals surface area contributed by atoms with Crippen molar-refractivity contribution in [1.29, 1.82) is 0 Å². The van der Waals surface area contributed by atoms with Gasteiger partial charge in [-0.25, -0.2) is 8.78 Å². The van der Waals surface area contributed by atoms with E-state index in [1.165, 1.54) is 6.07 Å². The Kier molecular flexibility index (Phi) is 4.96. The third-order valence-corrected chi connectivity index (χ3v) is 9.10. The molecule has 178 valence electrons. The van der Waals surface area contributed by atoms with E-state index < -0.39 is 17.7 Å². The van der Waals surface area contributed by atoms with Gasteiger partial charge in [-0.05, 0) is 46.9 Å². The molecule has 1 aromatic heterocycles. The van der Waals surface area contributed by atoms with Crippen molar-refractivity contribution < 1.29 is 18.6 Å². The number of fused-ring (bicyclic) bond motifs is 6. The van der Waals surface area contributed by atoms with Crippen LogP contribution in [0.15, 0.2) is 76.6 Å². The zero-order valence-corrected chi connectivity index (χ0v) is 20.2. The second-order valence-electron chi connectivity index (χ2n) is 8.86. The summed E-state index contributed by atoms with van der Waals surface area (Å²) in [4.78, 5) is 3.24. The molecule has 4 aliphatic heterocycles. The lowest BCUT2D eigenvalue weighted by Crippen LogP contribution is -2.62. The minimum absolute atomic E-state index is 0.157. The number of morpholine rings is 1. The number of thiophene rings is 1. The van der Waals surface area contributed by atoms with E-state index in [4.69, 9.17) is 4.74 Å². The Morgan fingerprint density at radius 2 is 1.97 bits per heavy atom. The Morgan fingerprint density at radius 1 is 1.09 bits per heavy atom. The van der Waals surface area contributed by atoms with Crippen molar-refractivity contribution >= 4 is 33.2 Å². The molecule has 1 unspecified atom stereocenters. The number of hydrazine groups is 1. The summed E-state index contributed by atoms with van der Waals surface area (Å²) < 4.78 is 36.8. The predicted octanol–water partition coefficient (Wildman–Crippen LogP) is 5.88. The molecule has 3 aromatic rings. The number of aliphatic hydroxyl groups is 1. The summed E-state index contributed by atoms with van der Waals surface area (Å²) >= 11 is 3.22. The number of thioether (sulfide) groups is 1. The number of nitrogens with zero attached hydrogens (tertiary/aromatic N) is 3. The maximum Gasteiger partial charge on any atom is 0.163 e. The van der Waals surface area contributed by atoms with Crippen LogP contribution in [0.4, 0.5) is 8.78 Å². The highest BCUT2D eigenvalue weighted by molar-refractivity contribution is 7.98. The van der Waals surface area contributed by atoms with Crippen LogP contribution in [-0.2, 0) is 10.5 Å². The van der Waals surface area contributed by atoms with Crippen LogP contribution < -0.4 is 0 Å². The standard InChI is InChI=1S/C26H21F2N3O2S2/c27-19-5-3-15-18(24(19)28)14-35-26-16-7-11-34-22(16)6-4-17(26)25(15)31-23-13-33-10-9-29(23)12-20-21(32)2-1-8-30(20)31/h1-8,11-12,23,25,32H,9-10,13-14H2/t23?,25-/m0/s1. The molecule has 0 radical (unpaired) electrons. The monoisotopic (exact) mass is 509 g/mol. The summed E-state index contributed by atoms with van der Waals surface area (Å²) in [6, 6.07) is 8.82. The molecule has 2 atom stereocenters. The highest BCUT2D eigenvalue weighted by Crippen LogP contribution is 2.49. The molecule has 5 heterocycles. The van der Waals surface area contributed by atoms with Crippen LogP contribution >= 0.6 is 23.1 Å². The molecule has 9 heteroatoms. The predicted molar refractivity (Wildman–Crippen MR) is 133 cm³/mol. The van der Waals surface area contributed by atoms with Crippen LogP contribution in [-0.4, -0.2) is 45.9 Å². The maximum atomic E-state index is 15.3. The molecule has 1 saturated heterocycles. The van der Waals surface area contributed by atoms with Crippen molar-refractivity contribution in [3.63, 3.8) is 0 Å². The number of hydrogen-bond donors (Lipinski definition) is 1. The SMILES string of the molecule is OC1=CC=CN2C1=CN1CCOCC1N2[C@H]1c2ccc(F)c(F)c2CSc2c1ccc1sccc21. The quantitative estimate of drug-likeness (QED) is 0.442. The van der Waals surface area contributed by atoms with E-state index in [2.05, 4.69) is 33.5 Å². The maximum absolute atomic E-state index is 15.3. The number of aliphatic hydroxyl groups excluding tert-OH is 1. The molecule has 0 bridgehead atoms. The number of allylic oxidation sites excluding steroid dienone is 2. The molecular formula is C26H21F2N3O2S2. The summed E-state index contributed by atoms with van der Waals surface area (Å²) in [7, 11) is 0. The first-order chi connectivity index (χ1) is 17.1. The van der Waals surface area contributed by atoms with E-state index in [0.29, 0.717) is 36.8 Å². The van der Waals surface area contributed by atoms with Gasteiger partial charge >= 0.3 is 0 Å². The van der Waals surface area contributed by atoms with Crippen molar-refractivity contribution in [3.8, 4) is 0 Å². The molecule has 1 fully saturated rings. The fourth-order valence-corrected chi connectivity index (χ4v) is 7.54. The van der Waals surface area contributed by atoms with Gasteiger partial charge in [0.25, 0.3) is 0 Å². The Morgan fingerprint density at radius 3 is 2.89 bits per heavy atom. The molecular weight excluding hydrogens is 488 g/mol. The van der Waals surface area contributed by atoms with Gasteiger partial charge in [-0.2, -0.15) is 5.01 Å². The lowest BCUT2D eigenvalue weighted by molar-refractivity contribution is -0.149. The minimum Gasteiger partial charge on any atom is -0.506 e. The zero-order valence-electron chi connectivity index (χ0n) is 18.5. The largest absolute Gasteiger partial charge is 0.506 e. The van der Waals surface area contributed by atoms with E-state index in [9.17, 15) is 9.50 Å². The average molecular weight is 510 g/mol. The highest BCUT2D eigenvalue weighted by Gasteiger charge is 2.44. The fraction of sp³-hybridized carbons (Fsp3) is 0.231. The number of halogens is 2. The minimum atomic E-state index is -0.838.